The van der Waals surface area contributed by atoms with Crippen molar-refractivity contribution in [1.82, 2.24) is 0 Å². The van der Waals surface area contributed by atoms with Crippen LogP contribution in [-0.2, 0) is 0 Å². The maximum Gasteiger partial charge on any atom is 0.0675 e. The fourth-order valence-electron chi connectivity index (χ4n) is 2.42. The summed E-state index contributed by atoms with van der Waals surface area (Å²) in [4.78, 5) is 0. The van der Waals surface area contributed by atoms with E-state index in [1.807, 2.05) is 0 Å². The highest BCUT2D eigenvalue weighted by Crippen LogP contribution is 2.35. The maximum absolute atomic E-state index is 10.2. The molecule has 0 aliphatic heterocycles. The van der Waals surface area contributed by atoms with Gasteiger partial charge in [-0.2, -0.15) is 0 Å². The van der Waals surface area contributed by atoms with E-state index < -0.39 is 11.2 Å². The Hall–Kier alpha value is -0.120. The Balaban J connectivity index is 2.47. The first-order chi connectivity index (χ1) is 6.47. The van der Waals surface area contributed by atoms with Crippen LogP contribution in [0.4, 0.5) is 0 Å². The molecule has 84 valence electrons. The fourth-order valence-corrected chi connectivity index (χ4v) is 2.42. The lowest BCUT2D eigenvalue weighted by Gasteiger charge is -2.37. The summed E-state index contributed by atoms with van der Waals surface area (Å²) in [6, 6.07) is 0. The zero-order valence-electron chi connectivity index (χ0n) is 9.00. The van der Waals surface area contributed by atoms with Crippen molar-refractivity contribution >= 4 is 0 Å². The number of aliphatic hydroxyl groups excluding tert-OH is 1. The first kappa shape index (κ1) is 12.0. The van der Waals surface area contributed by atoms with E-state index in [9.17, 15) is 10.2 Å². The minimum atomic E-state index is -0.930. The van der Waals surface area contributed by atoms with Gasteiger partial charge in [0, 0.05) is 13.0 Å². The summed E-state index contributed by atoms with van der Waals surface area (Å²) < 4.78 is 0. The molecule has 0 heterocycles. The Morgan fingerprint density at radius 1 is 1.21 bits per heavy atom. The average Bonchev–Trinajstić information content (AvgIpc) is 2.02. The molecule has 1 fully saturated rings. The normalized spacial score (nSPS) is 25.7. The van der Waals surface area contributed by atoms with E-state index in [4.69, 9.17) is 5.11 Å². The summed E-state index contributed by atoms with van der Waals surface area (Å²) in [5.74, 6) is 0. The van der Waals surface area contributed by atoms with Gasteiger partial charge >= 0.3 is 0 Å². The first-order valence-corrected chi connectivity index (χ1v) is 5.53. The summed E-state index contributed by atoms with van der Waals surface area (Å²) >= 11 is 0. The van der Waals surface area contributed by atoms with Crippen LogP contribution in [0.2, 0.25) is 0 Å². The lowest BCUT2D eigenvalue weighted by molar-refractivity contribution is -0.0807. The molecule has 0 spiro atoms. The summed E-state index contributed by atoms with van der Waals surface area (Å²) in [6.07, 6.45) is 5.58. The van der Waals surface area contributed by atoms with Crippen molar-refractivity contribution in [3.05, 3.63) is 0 Å². The predicted octanol–water partition coefficient (Wildman–Crippen LogP) is 1.21. The van der Waals surface area contributed by atoms with Crippen molar-refractivity contribution < 1.29 is 15.3 Å². The van der Waals surface area contributed by atoms with Gasteiger partial charge in [-0.15, -0.1) is 0 Å². The fraction of sp³-hybridized carbons (Fsp3) is 1.00. The van der Waals surface area contributed by atoms with Crippen molar-refractivity contribution in [2.24, 2.45) is 0 Å². The molecule has 0 bridgehead atoms. The second kappa shape index (κ2) is 4.60. The molecular formula is C11H22O3. The summed E-state index contributed by atoms with van der Waals surface area (Å²) in [5, 5.41) is 28.9. The highest BCUT2D eigenvalue weighted by Gasteiger charge is 2.36. The molecule has 0 saturated heterocycles. The minimum absolute atomic E-state index is 0.0247. The molecule has 3 N–H and O–H groups in total. The van der Waals surface area contributed by atoms with E-state index in [0.717, 1.165) is 25.7 Å². The van der Waals surface area contributed by atoms with Gasteiger partial charge in [-0.25, -0.2) is 0 Å². The van der Waals surface area contributed by atoms with Crippen molar-refractivity contribution in [3.63, 3.8) is 0 Å². The third-order valence-corrected chi connectivity index (χ3v) is 3.14. The molecule has 1 aliphatic rings. The third-order valence-electron chi connectivity index (χ3n) is 3.14. The van der Waals surface area contributed by atoms with Crippen LogP contribution in [0.5, 0.6) is 0 Å². The number of rotatable bonds is 4. The Labute approximate surface area is 85.8 Å². The lowest BCUT2D eigenvalue weighted by Crippen LogP contribution is -2.41. The summed E-state index contributed by atoms with van der Waals surface area (Å²) in [7, 11) is 0. The van der Waals surface area contributed by atoms with E-state index in [1.54, 1.807) is 6.92 Å². The quantitative estimate of drug-likeness (QED) is 0.642. The van der Waals surface area contributed by atoms with Gasteiger partial charge in [0.2, 0.25) is 0 Å². The van der Waals surface area contributed by atoms with Crippen LogP contribution in [0, 0.1) is 0 Å². The largest absolute Gasteiger partial charge is 0.396 e. The Kier molecular flexibility index (Phi) is 3.93. The molecular weight excluding hydrogens is 180 g/mol. The number of hydrogen-bond acceptors (Lipinski definition) is 3. The SMILES string of the molecule is CC(O)(CCO)CC1(O)CCCCC1. The zero-order chi connectivity index (χ0) is 10.7. The van der Waals surface area contributed by atoms with Crippen LogP contribution in [0.15, 0.2) is 0 Å². The van der Waals surface area contributed by atoms with Crippen molar-refractivity contribution in [2.45, 2.75) is 63.1 Å². The van der Waals surface area contributed by atoms with Gasteiger partial charge in [0.15, 0.2) is 0 Å². The Morgan fingerprint density at radius 3 is 2.29 bits per heavy atom. The Morgan fingerprint density at radius 2 is 1.79 bits per heavy atom. The monoisotopic (exact) mass is 202 g/mol. The molecule has 0 aromatic carbocycles. The van der Waals surface area contributed by atoms with Gasteiger partial charge in [-0.1, -0.05) is 19.3 Å². The van der Waals surface area contributed by atoms with E-state index in [-0.39, 0.29) is 6.61 Å². The van der Waals surface area contributed by atoms with Crippen LogP contribution in [-0.4, -0.2) is 33.1 Å². The maximum atomic E-state index is 10.2. The second-order valence-corrected chi connectivity index (χ2v) is 4.93. The third kappa shape index (κ3) is 3.56. The number of hydrogen-bond donors (Lipinski definition) is 3. The first-order valence-electron chi connectivity index (χ1n) is 5.53. The van der Waals surface area contributed by atoms with E-state index >= 15 is 0 Å². The van der Waals surface area contributed by atoms with Gasteiger partial charge in [0.1, 0.15) is 0 Å². The van der Waals surface area contributed by atoms with E-state index in [1.165, 1.54) is 6.42 Å². The van der Waals surface area contributed by atoms with Crippen LogP contribution in [0.25, 0.3) is 0 Å². The van der Waals surface area contributed by atoms with Crippen LogP contribution in [0.3, 0.4) is 0 Å². The highest BCUT2D eigenvalue weighted by atomic mass is 16.3. The molecule has 1 rings (SSSR count). The van der Waals surface area contributed by atoms with Crippen molar-refractivity contribution in [3.8, 4) is 0 Å². The molecule has 3 nitrogen and oxygen atoms in total. The molecule has 0 aromatic heterocycles. The predicted molar refractivity (Wildman–Crippen MR) is 55.0 cm³/mol. The standard InChI is InChI=1S/C11H22O3/c1-10(13,7-8-12)9-11(14)5-3-2-4-6-11/h12-14H,2-9H2,1H3. The van der Waals surface area contributed by atoms with E-state index in [0.29, 0.717) is 12.8 Å². The smallest absolute Gasteiger partial charge is 0.0675 e. The molecule has 14 heavy (non-hydrogen) atoms. The summed E-state index contributed by atoms with van der Waals surface area (Å²) in [5.41, 5.74) is -1.63. The van der Waals surface area contributed by atoms with Gasteiger partial charge in [0.25, 0.3) is 0 Å². The van der Waals surface area contributed by atoms with Crippen LogP contribution in [0.1, 0.15) is 51.9 Å². The average molecular weight is 202 g/mol. The molecule has 0 aromatic rings. The molecule has 0 radical (unpaired) electrons. The van der Waals surface area contributed by atoms with Crippen LogP contribution < -0.4 is 0 Å². The molecule has 1 atom stereocenters. The van der Waals surface area contributed by atoms with Gasteiger partial charge < -0.3 is 15.3 Å². The highest BCUT2D eigenvalue weighted by molar-refractivity contribution is 4.89. The molecule has 0 amide bonds. The number of aliphatic hydroxyl groups is 3. The Bertz CT molecular complexity index is 171. The van der Waals surface area contributed by atoms with Gasteiger partial charge in [-0.3, -0.25) is 0 Å². The van der Waals surface area contributed by atoms with Gasteiger partial charge in [-0.05, 0) is 26.2 Å². The van der Waals surface area contributed by atoms with E-state index in [2.05, 4.69) is 0 Å². The zero-order valence-corrected chi connectivity index (χ0v) is 9.00. The molecule has 1 unspecified atom stereocenters. The second-order valence-electron chi connectivity index (χ2n) is 4.93. The topological polar surface area (TPSA) is 60.7 Å². The summed E-state index contributed by atoms with van der Waals surface area (Å²) in [6.45, 7) is 1.67. The van der Waals surface area contributed by atoms with Gasteiger partial charge in [0.05, 0.1) is 11.2 Å². The molecule has 3 heteroatoms. The molecule has 1 aliphatic carbocycles. The lowest BCUT2D eigenvalue weighted by atomic mass is 9.77. The van der Waals surface area contributed by atoms with Crippen molar-refractivity contribution in [2.75, 3.05) is 6.61 Å². The van der Waals surface area contributed by atoms with Crippen molar-refractivity contribution in [1.29, 1.82) is 0 Å². The van der Waals surface area contributed by atoms with Crippen LogP contribution >= 0.6 is 0 Å². The molecule has 1 saturated carbocycles. The minimum Gasteiger partial charge on any atom is -0.396 e.